The van der Waals surface area contributed by atoms with Crippen LogP contribution in [0.5, 0.6) is 0 Å². The number of hydrogen-bond donors (Lipinski definition) is 0. The summed E-state index contributed by atoms with van der Waals surface area (Å²) in [5.74, 6) is 2.64. The Morgan fingerprint density at radius 3 is 2.79 bits per heavy atom. The largest absolute Gasteiger partial charge is 0.0985 e. The fraction of sp³-hybridized carbons (Fsp3) is 0.583. The molecule has 0 aromatic heterocycles. The van der Waals surface area contributed by atoms with Gasteiger partial charge in [-0.25, -0.2) is 0 Å². The molecule has 0 radical (unpaired) electrons. The van der Waals surface area contributed by atoms with Crippen LogP contribution < -0.4 is 0 Å². The Labute approximate surface area is 148 Å². The van der Waals surface area contributed by atoms with E-state index in [2.05, 4.69) is 45.6 Å². The summed E-state index contributed by atoms with van der Waals surface area (Å²) in [7, 11) is 0. The fourth-order valence-corrected chi connectivity index (χ4v) is 6.40. The molecule has 0 spiro atoms. The van der Waals surface area contributed by atoms with Gasteiger partial charge in [-0.2, -0.15) is 0 Å². The minimum Gasteiger partial charge on any atom is -0.0985 e. The van der Waals surface area contributed by atoms with E-state index in [1.54, 1.807) is 16.7 Å². The maximum absolute atomic E-state index is 3.99. The smallest absolute Gasteiger partial charge is 0.00850 e. The Balaban J connectivity index is 1.70. The van der Waals surface area contributed by atoms with Gasteiger partial charge in [0.05, 0.1) is 0 Å². The van der Waals surface area contributed by atoms with Crippen molar-refractivity contribution in [3.05, 3.63) is 52.6 Å². The Morgan fingerprint density at radius 1 is 1.21 bits per heavy atom. The first-order valence-corrected chi connectivity index (χ1v) is 10.0. The van der Waals surface area contributed by atoms with E-state index >= 15 is 0 Å². The lowest BCUT2D eigenvalue weighted by Gasteiger charge is -2.49. The highest BCUT2D eigenvalue weighted by atomic mass is 14.6. The SMILES string of the molecule is C=Cc1cc2c(cc1C)C1CC[C@]3(C)/C(=C\CC)CCC3C1CC2. The fourth-order valence-electron chi connectivity index (χ4n) is 6.40. The molecule has 128 valence electrons. The highest BCUT2D eigenvalue weighted by Gasteiger charge is 2.52. The lowest BCUT2D eigenvalue weighted by atomic mass is 9.55. The summed E-state index contributed by atoms with van der Waals surface area (Å²) in [6.07, 6.45) is 14.0. The Bertz CT molecular complexity index is 692. The third-order valence-corrected chi connectivity index (χ3v) is 7.63. The van der Waals surface area contributed by atoms with Crippen LogP contribution in [0.2, 0.25) is 0 Å². The molecule has 0 amide bonds. The minimum atomic E-state index is 0.505. The first kappa shape index (κ1) is 16.2. The number of benzene rings is 1. The van der Waals surface area contributed by atoms with Crippen LogP contribution in [0.15, 0.2) is 30.4 Å². The van der Waals surface area contributed by atoms with E-state index in [-0.39, 0.29) is 0 Å². The van der Waals surface area contributed by atoms with Crippen molar-refractivity contribution < 1.29 is 0 Å². The van der Waals surface area contributed by atoms with Crippen molar-refractivity contribution in [3.8, 4) is 0 Å². The molecular formula is C24H32. The van der Waals surface area contributed by atoms with Gasteiger partial charge in [0.2, 0.25) is 0 Å². The molecule has 0 bridgehead atoms. The molecular weight excluding hydrogens is 288 g/mol. The zero-order valence-corrected chi connectivity index (χ0v) is 15.7. The van der Waals surface area contributed by atoms with Gasteiger partial charge in [0, 0.05) is 0 Å². The van der Waals surface area contributed by atoms with E-state index in [1.165, 1.54) is 56.1 Å². The van der Waals surface area contributed by atoms with Crippen molar-refractivity contribution in [1.82, 2.24) is 0 Å². The second kappa shape index (κ2) is 5.90. The van der Waals surface area contributed by atoms with Crippen molar-refractivity contribution in [2.24, 2.45) is 17.3 Å². The van der Waals surface area contributed by atoms with Gasteiger partial charge in [0.1, 0.15) is 0 Å². The highest BCUT2D eigenvalue weighted by Crippen LogP contribution is 2.62. The highest BCUT2D eigenvalue weighted by molar-refractivity contribution is 5.56. The van der Waals surface area contributed by atoms with E-state index in [1.807, 2.05) is 6.08 Å². The van der Waals surface area contributed by atoms with Crippen molar-refractivity contribution in [2.45, 2.75) is 71.6 Å². The van der Waals surface area contributed by atoms with Crippen LogP contribution in [-0.4, -0.2) is 0 Å². The topological polar surface area (TPSA) is 0 Å². The van der Waals surface area contributed by atoms with Gasteiger partial charge < -0.3 is 0 Å². The molecule has 0 aliphatic heterocycles. The normalized spacial score (nSPS) is 36.1. The van der Waals surface area contributed by atoms with Gasteiger partial charge in [-0.3, -0.25) is 0 Å². The minimum absolute atomic E-state index is 0.505. The molecule has 2 saturated carbocycles. The average Bonchev–Trinajstić information content (AvgIpc) is 2.91. The molecule has 1 aromatic carbocycles. The second-order valence-corrected chi connectivity index (χ2v) is 8.66. The molecule has 0 N–H and O–H groups in total. The van der Waals surface area contributed by atoms with Gasteiger partial charge in [0.25, 0.3) is 0 Å². The molecule has 2 fully saturated rings. The Morgan fingerprint density at radius 2 is 2.04 bits per heavy atom. The summed E-state index contributed by atoms with van der Waals surface area (Å²) in [6.45, 7) is 11.1. The number of rotatable bonds is 2. The molecule has 4 atom stereocenters. The van der Waals surface area contributed by atoms with E-state index in [9.17, 15) is 0 Å². The predicted octanol–water partition coefficient (Wildman–Crippen LogP) is 6.83. The summed E-state index contributed by atoms with van der Waals surface area (Å²) in [6, 6.07) is 4.93. The van der Waals surface area contributed by atoms with Crippen LogP contribution in [-0.2, 0) is 6.42 Å². The van der Waals surface area contributed by atoms with Crippen LogP contribution in [0.3, 0.4) is 0 Å². The summed E-state index contributed by atoms with van der Waals surface area (Å²) < 4.78 is 0. The number of allylic oxidation sites excluding steroid dienone is 2. The lowest BCUT2D eigenvalue weighted by molar-refractivity contribution is 0.0812. The van der Waals surface area contributed by atoms with Gasteiger partial charge in [-0.05, 0) is 97.3 Å². The molecule has 3 unspecified atom stereocenters. The Kier molecular flexibility index (Phi) is 3.98. The molecule has 0 saturated heterocycles. The number of fused-ring (bicyclic) bond motifs is 5. The van der Waals surface area contributed by atoms with Crippen LogP contribution in [0, 0.1) is 24.2 Å². The molecule has 0 nitrogen and oxygen atoms in total. The van der Waals surface area contributed by atoms with E-state index < -0.39 is 0 Å². The van der Waals surface area contributed by atoms with E-state index in [4.69, 9.17) is 0 Å². The molecule has 24 heavy (non-hydrogen) atoms. The van der Waals surface area contributed by atoms with Crippen LogP contribution in [0.25, 0.3) is 6.08 Å². The summed E-state index contributed by atoms with van der Waals surface area (Å²) in [5, 5.41) is 0. The van der Waals surface area contributed by atoms with Crippen LogP contribution in [0.1, 0.15) is 80.5 Å². The lowest BCUT2D eigenvalue weighted by Crippen LogP contribution is -2.40. The molecule has 3 aliphatic rings. The van der Waals surface area contributed by atoms with E-state index in [0.717, 1.165) is 17.8 Å². The summed E-state index contributed by atoms with van der Waals surface area (Å²) >= 11 is 0. The van der Waals surface area contributed by atoms with Gasteiger partial charge in [0.15, 0.2) is 0 Å². The van der Waals surface area contributed by atoms with Gasteiger partial charge >= 0.3 is 0 Å². The van der Waals surface area contributed by atoms with Crippen molar-refractivity contribution in [2.75, 3.05) is 0 Å². The summed E-state index contributed by atoms with van der Waals surface area (Å²) in [5.41, 5.74) is 8.34. The first-order valence-electron chi connectivity index (χ1n) is 10.0. The zero-order valence-electron chi connectivity index (χ0n) is 15.7. The van der Waals surface area contributed by atoms with Crippen molar-refractivity contribution >= 4 is 6.08 Å². The maximum Gasteiger partial charge on any atom is -0.00850 e. The number of hydrogen-bond acceptors (Lipinski definition) is 0. The van der Waals surface area contributed by atoms with Gasteiger partial charge in [-0.1, -0.05) is 50.3 Å². The predicted molar refractivity (Wildman–Crippen MR) is 104 cm³/mol. The van der Waals surface area contributed by atoms with Crippen LogP contribution >= 0.6 is 0 Å². The van der Waals surface area contributed by atoms with Gasteiger partial charge in [-0.15, -0.1) is 0 Å². The summed E-state index contributed by atoms with van der Waals surface area (Å²) in [4.78, 5) is 0. The molecule has 3 aliphatic carbocycles. The van der Waals surface area contributed by atoms with Crippen LogP contribution in [0.4, 0.5) is 0 Å². The van der Waals surface area contributed by atoms with Crippen molar-refractivity contribution in [3.63, 3.8) is 0 Å². The van der Waals surface area contributed by atoms with E-state index in [0.29, 0.717) is 5.41 Å². The molecule has 0 heteroatoms. The van der Waals surface area contributed by atoms with Crippen molar-refractivity contribution in [1.29, 1.82) is 0 Å². The Hall–Kier alpha value is -1.30. The first-order chi connectivity index (χ1) is 11.6. The molecule has 4 rings (SSSR count). The average molecular weight is 321 g/mol. The molecule has 1 aromatic rings. The monoisotopic (exact) mass is 320 g/mol. The quantitative estimate of drug-likeness (QED) is 0.524. The number of aryl methyl sites for hydroxylation is 2. The third kappa shape index (κ3) is 2.25. The standard InChI is InChI=1S/C24H32/c1-5-7-19-9-11-23-21-10-8-18-15-17(6-2)16(3)14-22(18)20(21)12-13-24(19,23)4/h6-7,14-15,20-21,23H,2,5,8-13H2,1,3-4H3/b19-7-/t20?,21?,23?,24-/m1/s1. The maximum atomic E-state index is 3.99. The third-order valence-electron chi connectivity index (χ3n) is 7.63. The zero-order chi connectivity index (χ0) is 16.9. The second-order valence-electron chi connectivity index (χ2n) is 8.66. The molecule has 0 heterocycles.